The Morgan fingerprint density at radius 3 is 2.37 bits per heavy atom. The van der Waals surface area contributed by atoms with E-state index in [0.29, 0.717) is 23.2 Å². The molecule has 12 nitrogen and oxygen atoms in total. The second kappa shape index (κ2) is 13.3. The number of esters is 1. The van der Waals surface area contributed by atoms with E-state index < -0.39 is 39.7 Å². The number of halogens is 1. The lowest BCUT2D eigenvalue weighted by molar-refractivity contribution is 0.0595. The number of carbonyl (C=O) groups is 3. The van der Waals surface area contributed by atoms with Crippen LogP contribution in [0.5, 0.6) is 5.75 Å². The summed E-state index contributed by atoms with van der Waals surface area (Å²) in [6, 6.07) is 16.1. The highest BCUT2D eigenvalue weighted by molar-refractivity contribution is 8.32. The minimum absolute atomic E-state index is 0.0555. The number of anilines is 1. The summed E-state index contributed by atoms with van der Waals surface area (Å²) in [5.74, 6) is -2.02. The first-order valence-electron chi connectivity index (χ1n) is 16.0. The normalized spacial score (nSPS) is 14.0. The highest BCUT2D eigenvalue weighted by Gasteiger charge is 2.39. The van der Waals surface area contributed by atoms with Gasteiger partial charge in [-0.3, -0.25) is 9.59 Å². The van der Waals surface area contributed by atoms with Crippen LogP contribution in [0.1, 0.15) is 49.7 Å². The van der Waals surface area contributed by atoms with Crippen molar-refractivity contribution in [2.24, 2.45) is 0 Å². The van der Waals surface area contributed by atoms with Gasteiger partial charge >= 0.3 is 5.97 Å². The monoisotopic (exact) mass is 710 g/mol. The number of aromatic nitrogens is 5. The molecule has 1 aliphatic heterocycles. The van der Waals surface area contributed by atoms with Crippen LogP contribution in [0, 0.1) is 5.82 Å². The van der Waals surface area contributed by atoms with E-state index in [1.807, 2.05) is 25.3 Å². The number of hydrogen-bond donors (Lipinski definition) is 0. The lowest BCUT2D eigenvalue weighted by Gasteiger charge is -2.24. The first-order valence-corrected chi connectivity index (χ1v) is 19.1. The van der Waals surface area contributed by atoms with E-state index in [9.17, 15) is 14.4 Å². The minimum atomic E-state index is -0.868. The Morgan fingerprint density at radius 1 is 0.961 bits per heavy atom. The molecule has 0 fully saturated rings. The highest BCUT2D eigenvalue weighted by Crippen LogP contribution is 2.40. The zero-order valence-electron chi connectivity index (χ0n) is 28.6. The number of methoxy groups -OCH3 is 1. The van der Waals surface area contributed by atoms with Crippen molar-refractivity contribution in [1.29, 1.82) is 0 Å². The van der Waals surface area contributed by atoms with Crippen molar-refractivity contribution in [2.45, 2.75) is 19.8 Å². The summed E-state index contributed by atoms with van der Waals surface area (Å²) in [5.41, 5.74) is 2.43. The maximum Gasteiger partial charge on any atom is 0.340 e. The van der Waals surface area contributed by atoms with Gasteiger partial charge in [-0.1, -0.05) is 12.1 Å². The van der Waals surface area contributed by atoms with Crippen molar-refractivity contribution in [2.75, 3.05) is 43.1 Å². The van der Waals surface area contributed by atoms with Gasteiger partial charge < -0.3 is 14.2 Å². The molecular weight excluding hydrogens is 676 g/mol. The van der Waals surface area contributed by atoms with Crippen LogP contribution in [0.4, 0.5) is 10.2 Å². The number of rotatable bonds is 11. The maximum absolute atomic E-state index is 15.1. The number of benzene rings is 3. The van der Waals surface area contributed by atoms with Crippen LogP contribution in [-0.2, 0) is 16.2 Å². The SMILES string of the molecule is COC(=O)c1cc2cc(OC(C)c3cc4c(cnn4COCCS(C)(C)C)cc3-n3cccn3)c(N3C(=O)c4ccccc4C3=O)nc2cc1F. The molecule has 0 N–H and O–H groups in total. The Hall–Kier alpha value is -5.60. The molecule has 4 heterocycles. The summed E-state index contributed by atoms with van der Waals surface area (Å²) in [7, 11) is 0.442. The molecule has 6 aromatic rings. The van der Waals surface area contributed by atoms with Crippen molar-refractivity contribution in [3.8, 4) is 11.4 Å². The molecule has 0 spiro atoms. The first-order chi connectivity index (χ1) is 24.4. The molecule has 7 rings (SSSR count). The van der Waals surface area contributed by atoms with Crippen molar-refractivity contribution in [3.63, 3.8) is 0 Å². The van der Waals surface area contributed by atoms with E-state index in [-0.39, 0.29) is 40.5 Å². The second-order valence-electron chi connectivity index (χ2n) is 13.0. The van der Waals surface area contributed by atoms with E-state index in [1.165, 1.54) is 12.1 Å². The number of nitrogens with zero attached hydrogens (tertiary/aromatic N) is 6. The zero-order chi connectivity index (χ0) is 36.0. The quantitative estimate of drug-likeness (QED) is 0.0863. The molecule has 1 atom stereocenters. The predicted molar refractivity (Wildman–Crippen MR) is 193 cm³/mol. The molecule has 1 aliphatic rings. The van der Waals surface area contributed by atoms with Gasteiger partial charge in [-0.05, 0) is 68.2 Å². The summed E-state index contributed by atoms with van der Waals surface area (Å²) < 4.78 is 36.0. The summed E-state index contributed by atoms with van der Waals surface area (Å²) in [5, 5.41) is 10.2. The summed E-state index contributed by atoms with van der Waals surface area (Å²) >= 11 is 0. The highest BCUT2D eigenvalue weighted by atomic mass is 32.3. The number of carbonyl (C=O) groups excluding carboxylic acids is 3. The number of imide groups is 1. The van der Waals surface area contributed by atoms with Crippen LogP contribution in [0.3, 0.4) is 0 Å². The number of pyridine rings is 1. The number of hydrogen-bond acceptors (Lipinski definition) is 9. The molecule has 0 bridgehead atoms. The van der Waals surface area contributed by atoms with Crippen LogP contribution in [0.15, 0.2) is 79.3 Å². The van der Waals surface area contributed by atoms with Gasteiger partial charge in [0.25, 0.3) is 11.8 Å². The van der Waals surface area contributed by atoms with Gasteiger partial charge in [-0.25, -0.2) is 38.5 Å². The zero-order valence-corrected chi connectivity index (χ0v) is 29.4. The smallest absolute Gasteiger partial charge is 0.340 e. The van der Waals surface area contributed by atoms with Crippen LogP contribution in [-0.4, -0.2) is 80.6 Å². The minimum Gasteiger partial charge on any atom is -0.482 e. The van der Waals surface area contributed by atoms with Gasteiger partial charge in [0.2, 0.25) is 0 Å². The summed E-state index contributed by atoms with van der Waals surface area (Å²) in [6.45, 7) is 2.68. The predicted octanol–water partition coefficient (Wildman–Crippen LogP) is 6.30. The molecule has 0 saturated heterocycles. The fourth-order valence-corrected chi connectivity index (χ4v) is 6.56. The van der Waals surface area contributed by atoms with Gasteiger partial charge in [0.15, 0.2) is 11.6 Å². The van der Waals surface area contributed by atoms with Crippen LogP contribution < -0.4 is 9.64 Å². The van der Waals surface area contributed by atoms with Crippen molar-refractivity contribution >= 4 is 55.4 Å². The third-order valence-electron chi connectivity index (χ3n) is 8.60. The Morgan fingerprint density at radius 2 is 1.71 bits per heavy atom. The molecule has 3 aromatic heterocycles. The van der Waals surface area contributed by atoms with Crippen molar-refractivity contribution in [3.05, 3.63) is 107 Å². The maximum atomic E-state index is 15.1. The van der Waals surface area contributed by atoms with Gasteiger partial charge in [0, 0.05) is 40.5 Å². The topological polar surface area (TPSA) is 131 Å². The summed E-state index contributed by atoms with van der Waals surface area (Å²) in [4.78, 5) is 45.2. The Labute approximate surface area is 294 Å². The van der Waals surface area contributed by atoms with Crippen LogP contribution in [0.25, 0.3) is 27.5 Å². The molecule has 0 aliphatic carbocycles. The molecule has 3 aromatic carbocycles. The molecule has 14 heteroatoms. The summed E-state index contributed by atoms with van der Waals surface area (Å²) in [6.07, 6.45) is 11.2. The lowest BCUT2D eigenvalue weighted by atomic mass is 10.1. The Kier molecular flexibility index (Phi) is 8.81. The van der Waals surface area contributed by atoms with Gasteiger partial charge in [-0.15, -0.1) is 0 Å². The standard InChI is InChI=1S/C37H35FN6O6S/c1-22(27-18-31-24(16-32(27)42-12-8-11-39-42)20-40-43(31)21-49-13-14-51(3,4)5)50-33-17-23-15-28(37(47)48-2)29(38)19-30(23)41-34(33)44-35(45)25-9-6-7-10-26(25)36(44)46/h6-12,15-20,22H,13-14,21H2,1-5H3. The number of amides is 2. The van der Waals surface area contributed by atoms with Gasteiger partial charge in [0.05, 0.1) is 53.3 Å². The average Bonchev–Trinajstić information content (AvgIpc) is 3.84. The fourth-order valence-electron chi connectivity index (χ4n) is 5.94. The largest absolute Gasteiger partial charge is 0.482 e. The van der Waals surface area contributed by atoms with Gasteiger partial charge in [-0.2, -0.15) is 10.2 Å². The van der Waals surface area contributed by atoms with E-state index in [2.05, 4.69) is 33.9 Å². The third kappa shape index (κ3) is 6.43. The molecule has 1 unspecified atom stereocenters. The third-order valence-corrected chi connectivity index (χ3v) is 9.99. The van der Waals surface area contributed by atoms with E-state index >= 15 is 4.39 Å². The molecule has 262 valence electrons. The van der Waals surface area contributed by atoms with Gasteiger partial charge in [0.1, 0.15) is 18.7 Å². The lowest BCUT2D eigenvalue weighted by Crippen LogP contribution is -2.31. The molecule has 2 amide bonds. The fraction of sp³-hybridized carbons (Fsp3) is 0.243. The average molecular weight is 711 g/mol. The van der Waals surface area contributed by atoms with E-state index in [1.54, 1.807) is 52.1 Å². The van der Waals surface area contributed by atoms with Crippen molar-refractivity contribution < 1.29 is 33.0 Å². The first kappa shape index (κ1) is 33.9. The van der Waals surface area contributed by atoms with Crippen molar-refractivity contribution in [1.82, 2.24) is 24.5 Å². The number of fused-ring (bicyclic) bond motifs is 3. The molecular formula is C37H35FN6O6S. The van der Waals surface area contributed by atoms with Crippen LogP contribution >= 0.6 is 10.0 Å². The molecule has 51 heavy (non-hydrogen) atoms. The molecule has 0 saturated carbocycles. The van der Waals surface area contributed by atoms with E-state index in [0.717, 1.165) is 34.7 Å². The molecule has 0 radical (unpaired) electrons. The Bertz CT molecular complexity index is 2300. The second-order valence-corrected chi connectivity index (χ2v) is 17.6. The number of ether oxygens (including phenoxy) is 3. The van der Waals surface area contributed by atoms with Crippen LogP contribution in [0.2, 0.25) is 0 Å². The van der Waals surface area contributed by atoms with E-state index in [4.69, 9.17) is 14.2 Å². The Balaban J connectivity index is 1.33.